The van der Waals surface area contributed by atoms with E-state index >= 15 is 0 Å². The van der Waals surface area contributed by atoms with Crippen LogP contribution in [-0.4, -0.2) is 54.3 Å². The summed E-state index contributed by atoms with van der Waals surface area (Å²) in [4.78, 5) is 6.05. The number of pyridine rings is 1. The quantitative estimate of drug-likeness (QED) is 0.483. The van der Waals surface area contributed by atoms with Crippen molar-refractivity contribution in [3.63, 3.8) is 0 Å². The molecule has 0 saturated heterocycles. The van der Waals surface area contributed by atoms with Crippen molar-refractivity contribution in [2.45, 2.75) is 6.42 Å². The molecule has 0 aliphatic heterocycles. The minimum atomic E-state index is -1.48. The lowest BCUT2D eigenvalue weighted by Crippen LogP contribution is -2.29. The second-order valence-corrected chi connectivity index (χ2v) is 3.81. The van der Waals surface area contributed by atoms with E-state index in [2.05, 4.69) is 9.88 Å². The third-order valence-electron chi connectivity index (χ3n) is 2.06. The van der Waals surface area contributed by atoms with Crippen molar-refractivity contribution in [1.82, 2.24) is 9.88 Å². The van der Waals surface area contributed by atoms with E-state index in [0.29, 0.717) is 17.9 Å². The Hall–Kier alpha value is -1.11. The SMILES string of the molecule is CN(C)CCCOc1ccc(B(O)O)cn1. The van der Waals surface area contributed by atoms with Crippen LogP contribution in [0.3, 0.4) is 0 Å². The minimum absolute atomic E-state index is 0.362. The molecule has 0 atom stereocenters. The van der Waals surface area contributed by atoms with Crippen molar-refractivity contribution >= 4 is 12.6 Å². The van der Waals surface area contributed by atoms with Crippen LogP contribution >= 0.6 is 0 Å². The first-order chi connectivity index (χ1) is 7.59. The molecule has 5 nitrogen and oxygen atoms in total. The Kier molecular flexibility index (Phi) is 5.24. The lowest BCUT2D eigenvalue weighted by Gasteiger charge is -2.09. The average Bonchev–Trinajstić information content (AvgIpc) is 2.25. The van der Waals surface area contributed by atoms with E-state index in [1.807, 2.05) is 14.1 Å². The van der Waals surface area contributed by atoms with Crippen molar-refractivity contribution in [3.8, 4) is 5.88 Å². The summed E-state index contributed by atoms with van der Waals surface area (Å²) < 4.78 is 5.39. The smallest absolute Gasteiger partial charge is 0.478 e. The van der Waals surface area contributed by atoms with Crippen LogP contribution in [0.1, 0.15) is 6.42 Å². The monoisotopic (exact) mass is 224 g/mol. The highest BCUT2D eigenvalue weighted by molar-refractivity contribution is 6.58. The molecule has 0 saturated carbocycles. The zero-order chi connectivity index (χ0) is 12.0. The van der Waals surface area contributed by atoms with E-state index in [-0.39, 0.29) is 0 Å². The molecule has 88 valence electrons. The van der Waals surface area contributed by atoms with Gasteiger partial charge in [0, 0.05) is 18.2 Å². The minimum Gasteiger partial charge on any atom is -0.478 e. The standard InChI is InChI=1S/C10H17BN2O3/c1-13(2)6-3-7-16-10-5-4-9(8-12-10)11(14)15/h4-5,8,14-15H,3,6-7H2,1-2H3. The summed E-state index contributed by atoms with van der Waals surface area (Å²) in [6.45, 7) is 1.57. The van der Waals surface area contributed by atoms with Crippen LogP contribution in [0.25, 0.3) is 0 Å². The number of ether oxygens (including phenoxy) is 1. The van der Waals surface area contributed by atoms with Gasteiger partial charge in [-0.2, -0.15) is 0 Å². The summed E-state index contributed by atoms with van der Waals surface area (Å²) >= 11 is 0. The molecule has 6 heteroatoms. The molecule has 0 fully saturated rings. The van der Waals surface area contributed by atoms with E-state index in [4.69, 9.17) is 14.8 Å². The van der Waals surface area contributed by atoms with Gasteiger partial charge in [-0.25, -0.2) is 4.98 Å². The van der Waals surface area contributed by atoms with Crippen molar-refractivity contribution in [2.24, 2.45) is 0 Å². The number of hydrogen-bond acceptors (Lipinski definition) is 5. The summed E-state index contributed by atoms with van der Waals surface area (Å²) in [5, 5.41) is 17.7. The normalized spacial score (nSPS) is 10.6. The second-order valence-electron chi connectivity index (χ2n) is 3.81. The van der Waals surface area contributed by atoms with Gasteiger partial charge in [0.25, 0.3) is 0 Å². The van der Waals surface area contributed by atoms with E-state index < -0.39 is 7.12 Å². The molecule has 1 aromatic rings. The number of aromatic nitrogens is 1. The fraction of sp³-hybridized carbons (Fsp3) is 0.500. The molecule has 0 spiro atoms. The lowest BCUT2D eigenvalue weighted by molar-refractivity contribution is 0.273. The van der Waals surface area contributed by atoms with Crippen LogP contribution in [0.15, 0.2) is 18.3 Å². The van der Waals surface area contributed by atoms with Crippen LogP contribution in [0, 0.1) is 0 Å². The van der Waals surface area contributed by atoms with Crippen molar-refractivity contribution in [1.29, 1.82) is 0 Å². The zero-order valence-electron chi connectivity index (χ0n) is 9.63. The molecule has 1 heterocycles. The van der Waals surface area contributed by atoms with Crippen molar-refractivity contribution in [3.05, 3.63) is 18.3 Å². The van der Waals surface area contributed by atoms with E-state index in [1.165, 1.54) is 6.20 Å². The lowest BCUT2D eigenvalue weighted by atomic mass is 9.82. The first-order valence-electron chi connectivity index (χ1n) is 5.19. The number of rotatable bonds is 6. The van der Waals surface area contributed by atoms with Crippen LogP contribution in [0.2, 0.25) is 0 Å². The Balaban J connectivity index is 2.32. The Morgan fingerprint density at radius 3 is 2.62 bits per heavy atom. The number of nitrogens with zero attached hydrogens (tertiary/aromatic N) is 2. The molecular formula is C10H17BN2O3. The molecule has 0 radical (unpaired) electrons. The molecule has 0 bridgehead atoms. The highest BCUT2D eigenvalue weighted by Gasteiger charge is 2.10. The third-order valence-corrected chi connectivity index (χ3v) is 2.06. The van der Waals surface area contributed by atoms with Crippen LogP contribution < -0.4 is 10.2 Å². The average molecular weight is 224 g/mol. The predicted molar refractivity (Wildman–Crippen MR) is 62.7 cm³/mol. The fourth-order valence-electron chi connectivity index (χ4n) is 1.19. The van der Waals surface area contributed by atoms with Gasteiger partial charge in [0.05, 0.1) is 6.61 Å². The third kappa shape index (κ3) is 4.61. The first-order valence-corrected chi connectivity index (χ1v) is 5.19. The summed E-state index contributed by atoms with van der Waals surface area (Å²) in [7, 11) is 2.54. The van der Waals surface area contributed by atoms with E-state index in [9.17, 15) is 0 Å². The number of hydrogen-bond donors (Lipinski definition) is 2. The zero-order valence-corrected chi connectivity index (χ0v) is 9.63. The van der Waals surface area contributed by atoms with Gasteiger partial charge in [-0.15, -0.1) is 0 Å². The largest absolute Gasteiger partial charge is 0.490 e. The first kappa shape index (κ1) is 13.0. The molecule has 16 heavy (non-hydrogen) atoms. The van der Waals surface area contributed by atoms with Crippen molar-refractivity contribution in [2.75, 3.05) is 27.2 Å². The molecule has 0 aromatic carbocycles. The summed E-state index contributed by atoms with van der Waals surface area (Å²) in [6.07, 6.45) is 2.32. The van der Waals surface area contributed by atoms with Crippen LogP contribution in [0.5, 0.6) is 5.88 Å². The fourth-order valence-corrected chi connectivity index (χ4v) is 1.19. The Bertz CT molecular complexity index is 303. The summed E-state index contributed by atoms with van der Waals surface area (Å²) in [6, 6.07) is 3.21. The van der Waals surface area contributed by atoms with E-state index in [0.717, 1.165) is 13.0 Å². The summed E-state index contributed by atoms with van der Waals surface area (Å²) in [5.74, 6) is 0.503. The Morgan fingerprint density at radius 1 is 1.38 bits per heavy atom. The second kappa shape index (κ2) is 6.47. The Labute approximate surface area is 95.8 Å². The maximum Gasteiger partial charge on any atom is 0.490 e. The van der Waals surface area contributed by atoms with Gasteiger partial charge in [-0.3, -0.25) is 0 Å². The van der Waals surface area contributed by atoms with Crippen LogP contribution in [0.4, 0.5) is 0 Å². The molecule has 0 aliphatic carbocycles. The summed E-state index contributed by atoms with van der Waals surface area (Å²) in [5.41, 5.74) is 0.362. The molecule has 2 N–H and O–H groups in total. The topological polar surface area (TPSA) is 65.8 Å². The van der Waals surface area contributed by atoms with Crippen LogP contribution in [-0.2, 0) is 0 Å². The maximum atomic E-state index is 8.86. The highest BCUT2D eigenvalue weighted by Crippen LogP contribution is 2.03. The maximum absolute atomic E-state index is 8.86. The van der Waals surface area contributed by atoms with Gasteiger partial charge in [-0.1, -0.05) is 6.07 Å². The molecule has 0 unspecified atom stereocenters. The van der Waals surface area contributed by atoms with Gasteiger partial charge in [0.1, 0.15) is 0 Å². The highest BCUT2D eigenvalue weighted by atomic mass is 16.5. The van der Waals surface area contributed by atoms with Gasteiger partial charge in [0.15, 0.2) is 0 Å². The molecule has 0 amide bonds. The van der Waals surface area contributed by atoms with Crippen molar-refractivity contribution < 1.29 is 14.8 Å². The van der Waals surface area contributed by atoms with Gasteiger partial charge in [-0.05, 0) is 26.6 Å². The predicted octanol–water partition coefficient (Wildman–Crippen LogP) is -0.908. The Morgan fingerprint density at radius 2 is 2.12 bits per heavy atom. The molecule has 0 aliphatic rings. The van der Waals surface area contributed by atoms with Gasteiger partial charge < -0.3 is 19.7 Å². The van der Waals surface area contributed by atoms with Gasteiger partial charge in [0.2, 0.25) is 5.88 Å². The molecular weight excluding hydrogens is 207 g/mol. The molecule has 1 aromatic heterocycles. The van der Waals surface area contributed by atoms with E-state index in [1.54, 1.807) is 12.1 Å². The van der Waals surface area contributed by atoms with Gasteiger partial charge >= 0.3 is 7.12 Å². The molecule has 1 rings (SSSR count).